The second-order valence-corrected chi connectivity index (χ2v) is 2.72. The van der Waals surface area contributed by atoms with Crippen molar-refractivity contribution in [3.8, 4) is 0 Å². The van der Waals surface area contributed by atoms with E-state index in [1.165, 1.54) is 0 Å². The minimum atomic E-state index is 0.993. The molecule has 0 atom stereocenters. The number of rotatable bonds is 3. The molecular weight excluding hydrogens is 108 g/mol. The summed E-state index contributed by atoms with van der Waals surface area (Å²) in [5.41, 5.74) is 0. The van der Waals surface area contributed by atoms with Gasteiger partial charge in [-0.15, -0.1) is 0 Å². The first-order valence-electron chi connectivity index (χ1n) is 2.22. The molecule has 0 radical (unpaired) electrons. The van der Waals surface area contributed by atoms with Crippen LogP contribution >= 0.6 is 11.9 Å². The first-order valence-corrected chi connectivity index (χ1v) is 3.16. The number of hydrogen-bond acceptors (Lipinski definition) is 3. The quantitative estimate of drug-likeness (QED) is 0.428. The van der Waals surface area contributed by atoms with Crippen LogP contribution in [0.2, 0.25) is 0 Å². The fourth-order valence-electron chi connectivity index (χ4n) is 0.194. The Morgan fingerprint density at radius 1 is 1.57 bits per heavy atom. The van der Waals surface area contributed by atoms with E-state index in [0.29, 0.717) is 0 Å². The molecule has 0 rings (SSSR count). The number of hydrogen-bond donors (Lipinski definition) is 1. The Morgan fingerprint density at radius 3 is 2.29 bits per heavy atom. The highest BCUT2D eigenvalue weighted by atomic mass is 32.2. The van der Waals surface area contributed by atoms with Crippen molar-refractivity contribution < 1.29 is 0 Å². The molecule has 0 aliphatic carbocycles. The lowest BCUT2D eigenvalue weighted by molar-refractivity contribution is 0.698. The summed E-state index contributed by atoms with van der Waals surface area (Å²) in [7, 11) is 6.00. The van der Waals surface area contributed by atoms with Crippen molar-refractivity contribution in [2.45, 2.75) is 0 Å². The van der Waals surface area contributed by atoms with Crippen LogP contribution in [0.4, 0.5) is 0 Å². The third-order valence-electron chi connectivity index (χ3n) is 0.467. The zero-order valence-corrected chi connectivity index (χ0v) is 5.88. The van der Waals surface area contributed by atoms with E-state index in [9.17, 15) is 0 Å². The summed E-state index contributed by atoms with van der Waals surface area (Å²) in [5.74, 6) is 0.993. The Labute approximate surface area is 49.4 Å². The topological polar surface area (TPSA) is 15.3 Å². The van der Waals surface area contributed by atoms with Crippen LogP contribution in [0.15, 0.2) is 0 Å². The highest BCUT2D eigenvalue weighted by Crippen LogP contribution is 1.97. The molecule has 44 valence electrons. The summed E-state index contributed by atoms with van der Waals surface area (Å²) in [6, 6.07) is 0. The van der Waals surface area contributed by atoms with Gasteiger partial charge in [-0.05, 0) is 21.1 Å². The maximum Gasteiger partial charge on any atom is 0.0565 e. The predicted molar refractivity (Wildman–Crippen MR) is 35.2 cm³/mol. The van der Waals surface area contributed by atoms with Crippen LogP contribution in [0.25, 0.3) is 0 Å². The maximum absolute atomic E-state index is 3.02. The van der Waals surface area contributed by atoms with Gasteiger partial charge in [0.2, 0.25) is 0 Å². The molecule has 3 heteroatoms. The molecule has 0 aromatic rings. The van der Waals surface area contributed by atoms with Gasteiger partial charge in [-0.2, -0.15) is 0 Å². The van der Waals surface area contributed by atoms with Crippen LogP contribution in [-0.2, 0) is 0 Å². The Morgan fingerprint density at radius 2 is 2.14 bits per heavy atom. The van der Waals surface area contributed by atoms with E-state index in [1.807, 2.05) is 21.1 Å². The van der Waals surface area contributed by atoms with Crippen molar-refractivity contribution in [1.29, 1.82) is 0 Å². The summed E-state index contributed by atoms with van der Waals surface area (Å²) in [4.78, 5) is 0. The van der Waals surface area contributed by atoms with E-state index >= 15 is 0 Å². The molecule has 0 aliphatic heterocycles. The van der Waals surface area contributed by atoms with Gasteiger partial charge in [-0.3, -0.25) is 4.31 Å². The smallest absolute Gasteiger partial charge is 0.0565 e. The highest BCUT2D eigenvalue weighted by molar-refractivity contribution is 7.96. The fraction of sp³-hybridized carbons (Fsp3) is 1.00. The van der Waals surface area contributed by atoms with E-state index in [2.05, 4.69) is 9.62 Å². The molecular formula is C4H12N2S. The highest BCUT2D eigenvalue weighted by Gasteiger charge is 1.83. The van der Waals surface area contributed by atoms with E-state index in [-0.39, 0.29) is 0 Å². The lowest BCUT2D eigenvalue weighted by atomic mass is 11.2. The van der Waals surface area contributed by atoms with Crippen molar-refractivity contribution in [1.82, 2.24) is 9.62 Å². The number of nitrogens with one attached hydrogen (secondary N) is 1. The monoisotopic (exact) mass is 120 g/mol. The Balaban J connectivity index is 2.68. The van der Waals surface area contributed by atoms with E-state index < -0.39 is 0 Å². The molecule has 0 aromatic heterocycles. The summed E-state index contributed by atoms with van der Waals surface area (Å²) in [5, 5.41) is 3.02. The summed E-state index contributed by atoms with van der Waals surface area (Å²) >= 11 is 1.75. The summed E-state index contributed by atoms with van der Waals surface area (Å²) in [6.07, 6.45) is 0. The van der Waals surface area contributed by atoms with Gasteiger partial charge in [-0.1, -0.05) is 11.9 Å². The molecule has 2 nitrogen and oxygen atoms in total. The Bertz CT molecular complexity index is 38.7. The molecule has 0 amide bonds. The lowest BCUT2D eigenvalue weighted by Crippen LogP contribution is -2.10. The fourth-order valence-corrected chi connectivity index (χ4v) is 0.581. The van der Waals surface area contributed by atoms with Crippen LogP contribution < -0.4 is 5.32 Å². The van der Waals surface area contributed by atoms with Gasteiger partial charge in [0.15, 0.2) is 0 Å². The third kappa shape index (κ3) is 6.27. The van der Waals surface area contributed by atoms with Gasteiger partial charge in [0, 0.05) is 0 Å². The van der Waals surface area contributed by atoms with E-state index in [0.717, 1.165) is 5.88 Å². The van der Waals surface area contributed by atoms with Crippen LogP contribution in [0, 0.1) is 0 Å². The second kappa shape index (κ2) is 4.43. The van der Waals surface area contributed by atoms with Crippen molar-refractivity contribution >= 4 is 11.9 Å². The molecule has 0 spiro atoms. The molecule has 0 bridgehead atoms. The van der Waals surface area contributed by atoms with Crippen LogP contribution in [0.5, 0.6) is 0 Å². The van der Waals surface area contributed by atoms with Crippen LogP contribution in [0.3, 0.4) is 0 Å². The van der Waals surface area contributed by atoms with E-state index in [4.69, 9.17) is 0 Å². The zero-order chi connectivity index (χ0) is 5.70. The predicted octanol–water partition coefficient (Wildman–Crippen LogP) is 0.373. The molecule has 0 heterocycles. The zero-order valence-electron chi connectivity index (χ0n) is 5.06. The maximum atomic E-state index is 3.02. The average Bonchev–Trinajstić information content (AvgIpc) is 1.61. The molecule has 0 saturated carbocycles. The standard InChI is InChI=1S/C4H12N2S/c1-5-4-7-6(2)3/h5H,4H2,1-3H3. The van der Waals surface area contributed by atoms with Crippen molar-refractivity contribution in [2.24, 2.45) is 0 Å². The molecule has 0 aliphatic rings. The van der Waals surface area contributed by atoms with Gasteiger partial charge >= 0.3 is 0 Å². The van der Waals surface area contributed by atoms with Crippen molar-refractivity contribution in [3.63, 3.8) is 0 Å². The van der Waals surface area contributed by atoms with Gasteiger partial charge in [0.1, 0.15) is 0 Å². The number of nitrogens with zero attached hydrogens (tertiary/aromatic N) is 1. The van der Waals surface area contributed by atoms with Crippen LogP contribution in [0.1, 0.15) is 0 Å². The molecule has 0 aromatic carbocycles. The summed E-state index contributed by atoms with van der Waals surface area (Å²) < 4.78 is 2.07. The normalized spacial score (nSPS) is 10.3. The van der Waals surface area contributed by atoms with Crippen molar-refractivity contribution in [3.05, 3.63) is 0 Å². The molecule has 0 fully saturated rings. The van der Waals surface area contributed by atoms with E-state index in [1.54, 1.807) is 11.9 Å². The van der Waals surface area contributed by atoms with Gasteiger partial charge in [0.25, 0.3) is 0 Å². The van der Waals surface area contributed by atoms with Gasteiger partial charge < -0.3 is 5.32 Å². The second-order valence-electron chi connectivity index (χ2n) is 1.44. The molecule has 0 saturated heterocycles. The Kier molecular flexibility index (Phi) is 4.60. The van der Waals surface area contributed by atoms with Crippen LogP contribution in [-0.4, -0.2) is 31.3 Å². The average molecular weight is 120 g/mol. The SMILES string of the molecule is CNCSN(C)C. The Hall–Kier alpha value is 0.270. The third-order valence-corrected chi connectivity index (χ3v) is 1.40. The molecule has 1 N–H and O–H groups in total. The first kappa shape index (κ1) is 7.27. The van der Waals surface area contributed by atoms with Gasteiger partial charge in [-0.25, -0.2) is 0 Å². The minimum absolute atomic E-state index is 0.993. The largest absolute Gasteiger partial charge is 0.310 e. The van der Waals surface area contributed by atoms with Crippen molar-refractivity contribution in [2.75, 3.05) is 27.0 Å². The first-order chi connectivity index (χ1) is 3.27. The molecule has 7 heavy (non-hydrogen) atoms. The lowest BCUT2D eigenvalue weighted by Gasteiger charge is -2.05. The van der Waals surface area contributed by atoms with Gasteiger partial charge in [0.05, 0.1) is 5.88 Å². The molecule has 0 unspecified atom stereocenters. The minimum Gasteiger partial charge on any atom is -0.310 e. The summed E-state index contributed by atoms with van der Waals surface area (Å²) in [6.45, 7) is 0.